The van der Waals surface area contributed by atoms with Gasteiger partial charge in [-0.25, -0.2) is 0 Å². The van der Waals surface area contributed by atoms with Crippen LogP contribution in [-0.4, -0.2) is 19.1 Å². The highest BCUT2D eigenvalue weighted by Gasteiger charge is 2.15. The summed E-state index contributed by atoms with van der Waals surface area (Å²) in [4.78, 5) is 12.3. The minimum Gasteiger partial charge on any atom is -0.486 e. The van der Waals surface area contributed by atoms with E-state index in [4.69, 9.17) is 9.47 Å². The Morgan fingerprint density at radius 2 is 1.76 bits per heavy atom. The second kappa shape index (κ2) is 6.07. The van der Waals surface area contributed by atoms with Crippen molar-refractivity contribution in [2.24, 2.45) is 0 Å². The molecule has 1 N–H and O–H groups in total. The van der Waals surface area contributed by atoms with Crippen LogP contribution in [-0.2, 0) is 0 Å². The summed E-state index contributed by atoms with van der Waals surface area (Å²) >= 11 is 6.79. The zero-order chi connectivity index (χ0) is 14.8. The molecule has 1 amide bonds. The van der Waals surface area contributed by atoms with E-state index in [0.29, 0.717) is 36.0 Å². The predicted molar refractivity (Wildman–Crippen MR) is 87.2 cm³/mol. The molecule has 1 aliphatic heterocycles. The van der Waals surface area contributed by atoms with Crippen LogP contribution in [0.2, 0.25) is 0 Å². The van der Waals surface area contributed by atoms with Gasteiger partial charge in [-0.3, -0.25) is 4.79 Å². The Morgan fingerprint density at radius 3 is 2.52 bits per heavy atom. The predicted octanol–water partition coefficient (Wildman–Crippen LogP) is 4.24. The van der Waals surface area contributed by atoms with Crippen molar-refractivity contribution in [2.45, 2.75) is 0 Å². The normalized spacial score (nSPS) is 12.9. The largest absolute Gasteiger partial charge is 0.486 e. The third-order valence-corrected chi connectivity index (χ3v) is 4.13. The topological polar surface area (TPSA) is 47.6 Å². The number of rotatable bonds is 2. The van der Waals surface area contributed by atoms with Gasteiger partial charge in [0.1, 0.15) is 13.2 Å². The third-order valence-electron chi connectivity index (χ3n) is 2.98. The lowest BCUT2D eigenvalue weighted by Crippen LogP contribution is -2.17. The lowest BCUT2D eigenvalue weighted by atomic mass is 10.1. The van der Waals surface area contributed by atoms with Gasteiger partial charge >= 0.3 is 0 Å². The van der Waals surface area contributed by atoms with Crippen molar-refractivity contribution in [3.63, 3.8) is 0 Å². The minimum absolute atomic E-state index is 0.199. The van der Waals surface area contributed by atoms with Crippen molar-refractivity contribution in [2.75, 3.05) is 18.5 Å². The average molecular weight is 413 g/mol. The van der Waals surface area contributed by atoms with Gasteiger partial charge in [-0.1, -0.05) is 15.9 Å². The number of carbonyl (C=O) groups excluding carboxylic acids is 1. The Bertz CT molecular complexity index is 703. The van der Waals surface area contributed by atoms with E-state index < -0.39 is 0 Å². The molecular formula is C15H11Br2NO3. The highest BCUT2D eigenvalue weighted by molar-refractivity contribution is 9.11. The maximum absolute atomic E-state index is 12.3. The van der Waals surface area contributed by atoms with E-state index >= 15 is 0 Å². The van der Waals surface area contributed by atoms with E-state index in [2.05, 4.69) is 37.2 Å². The molecule has 21 heavy (non-hydrogen) atoms. The smallest absolute Gasteiger partial charge is 0.255 e. The first-order valence-corrected chi connectivity index (χ1v) is 7.88. The molecule has 0 aromatic heterocycles. The molecule has 4 nitrogen and oxygen atoms in total. The fourth-order valence-corrected chi connectivity index (χ4v) is 3.12. The summed E-state index contributed by atoms with van der Waals surface area (Å²) in [5, 5.41) is 2.86. The van der Waals surface area contributed by atoms with Gasteiger partial charge in [-0.15, -0.1) is 0 Å². The quantitative estimate of drug-likeness (QED) is 0.802. The number of hydrogen-bond donors (Lipinski definition) is 1. The van der Waals surface area contributed by atoms with E-state index in [0.717, 1.165) is 8.95 Å². The third kappa shape index (κ3) is 3.22. The van der Waals surface area contributed by atoms with Crippen molar-refractivity contribution in [3.05, 3.63) is 50.9 Å². The van der Waals surface area contributed by atoms with Crippen LogP contribution in [0.3, 0.4) is 0 Å². The summed E-state index contributed by atoms with van der Waals surface area (Å²) in [6, 6.07) is 10.7. The fourth-order valence-electron chi connectivity index (χ4n) is 1.97. The van der Waals surface area contributed by atoms with Crippen LogP contribution in [0.4, 0.5) is 5.69 Å². The first-order chi connectivity index (χ1) is 10.1. The Labute approximate surface area is 138 Å². The molecule has 0 radical (unpaired) electrons. The molecular weight excluding hydrogens is 402 g/mol. The maximum Gasteiger partial charge on any atom is 0.255 e. The number of halogens is 2. The van der Waals surface area contributed by atoms with Crippen LogP contribution in [0.1, 0.15) is 10.4 Å². The number of carbonyl (C=O) groups is 1. The summed E-state index contributed by atoms with van der Waals surface area (Å²) in [6.45, 7) is 1.03. The summed E-state index contributed by atoms with van der Waals surface area (Å²) in [6.07, 6.45) is 0. The van der Waals surface area contributed by atoms with Gasteiger partial charge in [0.25, 0.3) is 5.91 Å². The molecule has 0 atom stereocenters. The van der Waals surface area contributed by atoms with Gasteiger partial charge in [0, 0.05) is 14.5 Å². The number of anilines is 1. The highest BCUT2D eigenvalue weighted by atomic mass is 79.9. The number of hydrogen-bond acceptors (Lipinski definition) is 3. The molecule has 1 heterocycles. The zero-order valence-corrected chi connectivity index (χ0v) is 14.0. The molecule has 0 bridgehead atoms. The molecule has 2 aromatic rings. The standard InChI is InChI=1S/C15H11Br2NO3/c16-10-2-3-12(11(17)8-10)18-15(19)9-1-4-13-14(7-9)21-6-5-20-13/h1-4,7-8H,5-6H2,(H,18,19). The summed E-state index contributed by atoms with van der Waals surface area (Å²) in [5.74, 6) is 1.07. The number of benzene rings is 2. The summed E-state index contributed by atoms with van der Waals surface area (Å²) < 4.78 is 12.7. The summed E-state index contributed by atoms with van der Waals surface area (Å²) in [7, 11) is 0. The molecule has 3 rings (SSSR count). The van der Waals surface area contributed by atoms with Crippen LogP contribution in [0.15, 0.2) is 45.3 Å². The molecule has 0 saturated heterocycles. The van der Waals surface area contributed by atoms with Gasteiger partial charge in [-0.05, 0) is 52.3 Å². The number of nitrogens with one attached hydrogen (secondary N) is 1. The van der Waals surface area contributed by atoms with E-state index in [1.807, 2.05) is 18.2 Å². The van der Waals surface area contributed by atoms with Crippen LogP contribution in [0.5, 0.6) is 11.5 Å². The zero-order valence-electron chi connectivity index (χ0n) is 10.9. The Morgan fingerprint density at radius 1 is 1.00 bits per heavy atom. The Kier molecular flexibility index (Phi) is 4.17. The van der Waals surface area contributed by atoms with E-state index in [9.17, 15) is 4.79 Å². The molecule has 0 aliphatic carbocycles. The van der Waals surface area contributed by atoms with Crippen LogP contribution < -0.4 is 14.8 Å². The monoisotopic (exact) mass is 411 g/mol. The van der Waals surface area contributed by atoms with Crippen molar-refractivity contribution in [1.82, 2.24) is 0 Å². The summed E-state index contributed by atoms with van der Waals surface area (Å²) in [5.41, 5.74) is 1.23. The molecule has 0 unspecified atom stereocenters. The van der Waals surface area contributed by atoms with Gasteiger partial charge in [0.15, 0.2) is 11.5 Å². The second-order valence-electron chi connectivity index (χ2n) is 4.44. The Hall–Kier alpha value is -1.53. The average Bonchev–Trinajstić information content (AvgIpc) is 2.49. The van der Waals surface area contributed by atoms with Crippen molar-refractivity contribution in [1.29, 1.82) is 0 Å². The second-order valence-corrected chi connectivity index (χ2v) is 6.21. The number of ether oxygens (including phenoxy) is 2. The van der Waals surface area contributed by atoms with Gasteiger partial charge in [0.2, 0.25) is 0 Å². The molecule has 0 saturated carbocycles. The maximum atomic E-state index is 12.3. The van der Waals surface area contributed by atoms with Crippen LogP contribution >= 0.6 is 31.9 Å². The van der Waals surface area contributed by atoms with E-state index in [1.54, 1.807) is 18.2 Å². The van der Waals surface area contributed by atoms with Crippen molar-refractivity contribution < 1.29 is 14.3 Å². The molecule has 6 heteroatoms. The first kappa shape index (κ1) is 14.4. The number of fused-ring (bicyclic) bond motifs is 1. The van der Waals surface area contributed by atoms with Crippen LogP contribution in [0.25, 0.3) is 0 Å². The Balaban J connectivity index is 1.82. The molecule has 0 fully saturated rings. The molecule has 2 aromatic carbocycles. The SMILES string of the molecule is O=C(Nc1ccc(Br)cc1Br)c1ccc2c(c1)OCCO2. The lowest BCUT2D eigenvalue weighted by molar-refractivity contribution is 0.102. The fraction of sp³-hybridized carbons (Fsp3) is 0.133. The van der Waals surface area contributed by atoms with E-state index in [-0.39, 0.29) is 5.91 Å². The minimum atomic E-state index is -0.199. The van der Waals surface area contributed by atoms with Gasteiger partial charge < -0.3 is 14.8 Å². The van der Waals surface area contributed by atoms with Crippen molar-refractivity contribution >= 4 is 43.5 Å². The van der Waals surface area contributed by atoms with Gasteiger partial charge in [0.05, 0.1) is 5.69 Å². The first-order valence-electron chi connectivity index (χ1n) is 6.29. The highest BCUT2D eigenvalue weighted by Crippen LogP contribution is 2.31. The van der Waals surface area contributed by atoms with Crippen molar-refractivity contribution in [3.8, 4) is 11.5 Å². The van der Waals surface area contributed by atoms with Crippen LogP contribution in [0, 0.1) is 0 Å². The number of amides is 1. The molecule has 0 spiro atoms. The molecule has 1 aliphatic rings. The van der Waals surface area contributed by atoms with E-state index in [1.165, 1.54) is 0 Å². The lowest BCUT2D eigenvalue weighted by Gasteiger charge is -2.18. The van der Waals surface area contributed by atoms with Gasteiger partial charge in [-0.2, -0.15) is 0 Å². The molecule has 108 valence electrons.